The highest BCUT2D eigenvalue weighted by molar-refractivity contribution is 5.81. The Morgan fingerprint density at radius 3 is 3.06 bits per heavy atom. The van der Waals surface area contributed by atoms with Crippen LogP contribution >= 0.6 is 0 Å². The molecule has 0 radical (unpaired) electrons. The first-order chi connectivity index (χ1) is 8.70. The molecule has 2 unspecified atom stereocenters. The molecule has 0 aliphatic carbocycles. The van der Waals surface area contributed by atoms with Gasteiger partial charge in [0, 0.05) is 26.2 Å². The van der Waals surface area contributed by atoms with Gasteiger partial charge in [0.1, 0.15) is 6.04 Å². The Balaban J connectivity index is 2.39. The van der Waals surface area contributed by atoms with Crippen molar-refractivity contribution in [1.29, 1.82) is 5.26 Å². The second-order valence-electron chi connectivity index (χ2n) is 4.76. The van der Waals surface area contributed by atoms with Gasteiger partial charge in [-0.1, -0.05) is 19.8 Å². The van der Waals surface area contributed by atoms with Gasteiger partial charge in [-0.2, -0.15) is 5.26 Å². The maximum atomic E-state index is 12.0. The summed E-state index contributed by atoms with van der Waals surface area (Å²) in [7, 11) is 0. The average molecular weight is 252 g/mol. The van der Waals surface area contributed by atoms with Crippen molar-refractivity contribution in [2.75, 3.05) is 26.2 Å². The van der Waals surface area contributed by atoms with Crippen LogP contribution in [0.15, 0.2) is 0 Å². The predicted octanol–water partition coefficient (Wildman–Crippen LogP) is 0.479. The fraction of sp³-hybridized carbons (Fsp3) is 0.846. The predicted molar refractivity (Wildman–Crippen MR) is 71.0 cm³/mol. The largest absolute Gasteiger partial charge is 0.355 e. The normalized spacial score (nSPS) is 22.2. The number of nitriles is 1. The van der Waals surface area contributed by atoms with E-state index < -0.39 is 0 Å². The fourth-order valence-electron chi connectivity index (χ4n) is 2.19. The minimum absolute atomic E-state index is 0.0354. The van der Waals surface area contributed by atoms with E-state index in [1.807, 2.05) is 11.8 Å². The summed E-state index contributed by atoms with van der Waals surface area (Å²) in [6, 6.07) is 1.83. The van der Waals surface area contributed by atoms with Crippen molar-refractivity contribution in [3.05, 3.63) is 0 Å². The summed E-state index contributed by atoms with van der Waals surface area (Å²) in [6.07, 6.45) is 3.32. The molecule has 0 aromatic carbocycles. The monoisotopic (exact) mass is 252 g/mol. The van der Waals surface area contributed by atoms with Crippen LogP contribution < -0.4 is 10.6 Å². The Hall–Kier alpha value is -1.12. The number of hydrogen-bond acceptors (Lipinski definition) is 4. The summed E-state index contributed by atoms with van der Waals surface area (Å²) in [4.78, 5) is 14.0. The molecule has 0 aromatic heterocycles. The summed E-state index contributed by atoms with van der Waals surface area (Å²) >= 11 is 0. The number of nitrogens with zero attached hydrogens (tertiary/aromatic N) is 2. The lowest BCUT2D eigenvalue weighted by atomic mass is 10.1. The van der Waals surface area contributed by atoms with Gasteiger partial charge in [-0.15, -0.1) is 0 Å². The van der Waals surface area contributed by atoms with Crippen molar-refractivity contribution in [3.8, 4) is 6.07 Å². The molecule has 2 N–H and O–H groups in total. The highest BCUT2D eigenvalue weighted by atomic mass is 16.2. The third-order valence-corrected chi connectivity index (χ3v) is 3.39. The summed E-state index contributed by atoms with van der Waals surface area (Å²) in [6.45, 7) is 6.99. The molecule has 0 aromatic rings. The number of unbranched alkanes of at least 4 members (excludes halogenated alkanes) is 2. The molecule has 0 bridgehead atoms. The second kappa shape index (κ2) is 8.06. The quantitative estimate of drug-likeness (QED) is 0.675. The molecule has 0 spiro atoms. The van der Waals surface area contributed by atoms with Crippen LogP contribution in [-0.2, 0) is 4.79 Å². The van der Waals surface area contributed by atoms with Crippen LogP contribution in [-0.4, -0.2) is 49.1 Å². The lowest BCUT2D eigenvalue weighted by Gasteiger charge is -2.35. The first-order valence-electron chi connectivity index (χ1n) is 6.84. The number of hydrogen-bond donors (Lipinski definition) is 2. The molecule has 1 aliphatic heterocycles. The maximum Gasteiger partial charge on any atom is 0.237 e. The van der Waals surface area contributed by atoms with Crippen LogP contribution in [0.5, 0.6) is 0 Å². The molecule has 1 fully saturated rings. The molecule has 0 saturated carbocycles. The molecule has 1 aliphatic rings. The number of carbonyl (C=O) groups excluding carboxylic acids is 1. The van der Waals surface area contributed by atoms with Crippen LogP contribution in [0.2, 0.25) is 0 Å². The number of nitrogens with one attached hydrogen (secondary N) is 2. The summed E-state index contributed by atoms with van der Waals surface area (Å²) in [5.41, 5.74) is 0. The molecule has 102 valence electrons. The molecule has 5 nitrogen and oxygen atoms in total. The van der Waals surface area contributed by atoms with E-state index in [0.717, 1.165) is 38.9 Å². The number of carbonyl (C=O) groups is 1. The van der Waals surface area contributed by atoms with Gasteiger partial charge >= 0.3 is 0 Å². The van der Waals surface area contributed by atoms with E-state index in [1.54, 1.807) is 0 Å². The molecule has 2 atom stereocenters. The summed E-state index contributed by atoms with van der Waals surface area (Å²) in [5.74, 6) is 0.0354. The zero-order valence-corrected chi connectivity index (χ0v) is 11.4. The van der Waals surface area contributed by atoms with E-state index in [2.05, 4.69) is 23.6 Å². The van der Waals surface area contributed by atoms with Gasteiger partial charge in [0.25, 0.3) is 0 Å². The molecule has 1 saturated heterocycles. The van der Waals surface area contributed by atoms with Crippen molar-refractivity contribution in [1.82, 2.24) is 15.5 Å². The molecule has 5 heteroatoms. The highest BCUT2D eigenvalue weighted by Crippen LogP contribution is 2.08. The van der Waals surface area contributed by atoms with Gasteiger partial charge < -0.3 is 10.6 Å². The first kappa shape index (κ1) is 14.9. The van der Waals surface area contributed by atoms with Crippen molar-refractivity contribution in [2.24, 2.45) is 0 Å². The molecule has 1 amide bonds. The van der Waals surface area contributed by atoms with Gasteiger partial charge in [0.05, 0.1) is 12.1 Å². The minimum Gasteiger partial charge on any atom is -0.355 e. The Kier molecular flexibility index (Phi) is 6.69. The minimum atomic E-state index is -0.224. The summed E-state index contributed by atoms with van der Waals surface area (Å²) < 4.78 is 0. The van der Waals surface area contributed by atoms with E-state index >= 15 is 0 Å². The van der Waals surface area contributed by atoms with Crippen LogP contribution in [0.4, 0.5) is 0 Å². The topological polar surface area (TPSA) is 68.2 Å². The lowest BCUT2D eigenvalue weighted by molar-refractivity contribution is -0.126. The maximum absolute atomic E-state index is 12.0. The van der Waals surface area contributed by atoms with Gasteiger partial charge in [-0.25, -0.2) is 0 Å². The number of piperazine rings is 1. The smallest absolute Gasteiger partial charge is 0.237 e. The third-order valence-electron chi connectivity index (χ3n) is 3.39. The van der Waals surface area contributed by atoms with E-state index in [0.29, 0.717) is 6.54 Å². The molecule has 18 heavy (non-hydrogen) atoms. The second-order valence-corrected chi connectivity index (χ2v) is 4.76. The van der Waals surface area contributed by atoms with Crippen LogP contribution in [0, 0.1) is 11.3 Å². The third kappa shape index (κ3) is 4.28. The lowest BCUT2D eigenvalue weighted by Crippen LogP contribution is -2.57. The van der Waals surface area contributed by atoms with Crippen molar-refractivity contribution < 1.29 is 4.79 Å². The SMILES string of the molecule is CCCCCNC(=O)C(C)N1CCNCC1C#N. The van der Waals surface area contributed by atoms with Gasteiger partial charge in [-0.3, -0.25) is 9.69 Å². The van der Waals surface area contributed by atoms with Gasteiger partial charge in [0.15, 0.2) is 0 Å². The van der Waals surface area contributed by atoms with E-state index in [1.165, 1.54) is 0 Å². The molecular formula is C13H24N4O. The zero-order chi connectivity index (χ0) is 13.4. The van der Waals surface area contributed by atoms with Crippen LogP contribution in [0.3, 0.4) is 0 Å². The zero-order valence-electron chi connectivity index (χ0n) is 11.4. The van der Waals surface area contributed by atoms with Crippen molar-refractivity contribution >= 4 is 5.91 Å². The highest BCUT2D eigenvalue weighted by Gasteiger charge is 2.29. The molecule has 1 rings (SSSR count). The van der Waals surface area contributed by atoms with Crippen LogP contribution in [0.25, 0.3) is 0 Å². The van der Waals surface area contributed by atoms with Crippen molar-refractivity contribution in [3.63, 3.8) is 0 Å². The van der Waals surface area contributed by atoms with E-state index in [-0.39, 0.29) is 18.0 Å². The standard InChI is InChI=1S/C13H24N4O/c1-3-4-5-6-16-13(18)11(2)17-8-7-15-10-12(17)9-14/h11-12,15H,3-8,10H2,1-2H3,(H,16,18). The van der Waals surface area contributed by atoms with E-state index in [9.17, 15) is 4.79 Å². The Bertz CT molecular complexity index is 300. The number of rotatable bonds is 6. The Morgan fingerprint density at radius 2 is 2.39 bits per heavy atom. The number of amides is 1. The Morgan fingerprint density at radius 1 is 1.61 bits per heavy atom. The average Bonchev–Trinajstić information content (AvgIpc) is 2.42. The van der Waals surface area contributed by atoms with Gasteiger partial charge in [-0.05, 0) is 13.3 Å². The van der Waals surface area contributed by atoms with E-state index in [4.69, 9.17) is 5.26 Å². The van der Waals surface area contributed by atoms with Gasteiger partial charge in [0.2, 0.25) is 5.91 Å². The molecule has 1 heterocycles. The fourth-order valence-corrected chi connectivity index (χ4v) is 2.19. The Labute approximate surface area is 110 Å². The molecular weight excluding hydrogens is 228 g/mol. The van der Waals surface area contributed by atoms with Crippen molar-refractivity contribution in [2.45, 2.75) is 45.2 Å². The van der Waals surface area contributed by atoms with Crippen LogP contribution in [0.1, 0.15) is 33.1 Å². The summed E-state index contributed by atoms with van der Waals surface area (Å²) in [5, 5.41) is 15.2. The first-order valence-corrected chi connectivity index (χ1v) is 6.84.